The lowest BCUT2D eigenvalue weighted by atomic mass is 10.00. The van der Waals surface area contributed by atoms with Crippen molar-refractivity contribution >= 4 is 0 Å². The first-order valence-electron chi connectivity index (χ1n) is 6.48. The van der Waals surface area contributed by atoms with E-state index in [1.54, 1.807) is 7.11 Å². The van der Waals surface area contributed by atoms with Crippen LogP contribution in [0.15, 0.2) is 30.3 Å². The van der Waals surface area contributed by atoms with E-state index >= 15 is 0 Å². The number of rotatable bonds is 8. The standard InChI is InChI=1S/C15H22N2O/c1-3-7-15(12-18-2)17-11-14(10-16)13-8-5-4-6-9-13/h4-6,8-9,14-15,17H,3,7,11-12H2,1-2H3. The summed E-state index contributed by atoms with van der Waals surface area (Å²) in [6.45, 7) is 3.53. The van der Waals surface area contributed by atoms with E-state index < -0.39 is 0 Å². The van der Waals surface area contributed by atoms with Gasteiger partial charge in [0.05, 0.1) is 18.6 Å². The van der Waals surface area contributed by atoms with Crippen molar-refractivity contribution < 1.29 is 4.74 Å². The number of methoxy groups -OCH3 is 1. The molecule has 1 N–H and O–H groups in total. The third-order valence-electron chi connectivity index (χ3n) is 2.97. The van der Waals surface area contributed by atoms with Gasteiger partial charge in [0.15, 0.2) is 0 Å². The van der Waals surface area contributed by atoms with Gasteiger partial charge in [-0.1, -0.05) is 43.7 Å². The molecule has 0 radical (unpaired) electrons. The van der Waals surface area contributed by atoms with Gasteiger partial charge in [0.25, 0.3) is 0 Å². The molecule has 0 amide bonds. The zero-order valence-electron chi connectivity index (χ0n) is 11.2. The Bertz CT molecular complexity index is 353. The van der Waals surface area contributed by atoms with Crippen LogP contribution in [0.5, 0.6) is 0 Å². The quantitative estimate of drug-likeness (QED) is 0.767. The molecule has 1 aromatic carbocycles. The average Bonchev–Trinajstić information content (AvgIpc) is 2.41. The van der Waals surface area contributed by atoms with Gasteiger partial charge in [-0.15, -0.1) is 0 Å². The van der Waals surface area contributed by atoms with Crippen molar-refractivity contribution in [3.05, 3.63) is 35.9 Å². The molecule has 0 saturated carbocycles. The van der Waals surface area contributed by atoms with Crippen LogP contribution in [0.3, 0.4) is 0 Å². The molecule has 0 aliphatic rings. The molecule has 98 valence electrons. The van der Waals surface area contributed by atoms with Gasteiger partial charge in [-0.3, -0.25) is 0 Å². The van der Waals surface area contributed by atoms with Gasteiger partial charge in [0, 0.05) is 19.7 Å². The van der Waals surface area contributed by atoms with Crippen LogP contribution in [-0.4, -0.2) is 26.3 Å². The van der Waals surface area contributed by atoms with Crippen LogP contribution < -0.4 is 5.32 Å². The van der Waals surface area contributed by atoms with Crippen LogP contribution >= 0.6 is 0 Å². The number of ether oxygens (including phenoxy) is 1. The van der Waals surface area contributed by atoms with Gasteiger partial charge < -0.3 is 10.1 Å². The summed E-state index contributed by atoms with van der Waals surface area (Å²) in [5.74, 6) is -0.0950. The normalized spacial score (nSPS) is 13.8. The van der Waals surface area contributed by atoms with Crippen LogP contribution in [0.2, 0.25) is 0 Å². The molecular weight excluding hydrogens is 224 g/mol. The molecular formula is C15H22N2O. The fourth-order valence-electron chi connectivity index (χ4n) is 2.00. The molecule has 0 heterocycles. The first kappa shape index (κ1) is 14.7. The Kier molecular flexibility index (Phi) is 7.09. The maximum atomic E-state index is 9.23. The summed E-state index contributed by atoms with van der Waals surface area (Å²) in [6, 6.07) is 12.6. The van der Waals surface area contributed by atoms with Crippen molar-refractivity contribution in [1.29, 1.82) is 5.26 Å². The summed E-state index contributed by atoms with van der Waals surface area (Å²) >= 11 is 0. The summed E-state index contributed by atoms with van der Waals surface area (Å²) in [5, 5.41) is 12.7. The second-order valence-electron chi connectivity index (χ2n) is 4.44. The lowest BCUT2D eigenvalue weighted by molar-refractivity contribution is 0.162. The van der Waals surface area contributed by atoms with E-state index in [0.29, 0.717) is 19.2 Å². The van der Waals surface area contributed by atoms with E-state index in [4.69, 9.17) is 4.74 Å². The van der Waals surface area contributed by atoms with Crippen molar-refractivity contribution in [1.82, 2.24) is 5.32 Å². The minimum atomic E-state index is -0.0950. The average molecular weight is 246 g/mol. The maximum absolute atomic E-state index is 9.23. The Labute approximate surface area is 110 Å². The highest BCUT2D eigenvalue weighted by Crippen LogP contribution is 2.13. The molecule has 18 heavy (non-hydrogen) atoms. The Morgan fingerprint density at radius 3 is 2.61 bits per heavy atom. The molecule has 0 fully saturated rings. The highest BCUT2D eigenvalue weighted by Gasteiger charge is 2.13. The molecule has 1 rings (SSSR count). The van der Waals surface area contributed by atoms with Crippen LogP contribution in [0.4, 0.5) is 0 Å². The molecule has 0 spiro atoms. The van der Waals surface area contributed by atoms with Crippen LogP contribution in [0.1, 0.15) is 31.2 Å². The molecule has 3 heteroatoms. The van der Waals surface area contributed by atoms with E-state index in [-0.39, 0.29) is 5.92 Å². The second-order valence-corrected chi connectivity index (χ2v) is 4.44. The van der Waals surface area contributed by atoms with E-state index in [0.717, 1.165) is 18.4 Å². The molecule has 3 nitrogen and oxygen atoms in total. The van der Waals surface area contributed by atoms with Gasteiger partial charge in [0.2, 0.25) is 0 Å². The van der Waals surface area contributed by atoms with Crippen LogP contribution in [0.25, 0.3) is 0 Å². The second kappa shape index (κ2) is 8.68. The number of hydrogen-bond donors (Lipinski definition) is 1. The molecule has 2 atom stereocenters. The third-order valence-corrected chi connectivity index (χ3v) is 2.97. The topological polar surface area (TPSA) is 45.0 Å². The lowest BCUT2D eigenvalue weighted by Gasteiger charge is -2.19. The number of benzene rings is 1. The Morgan fingerprint density at radius 2 is 2.06 bits per heavy atom. The summed E-state index contributed by atoms with van der Waals surface area (Å²) in [4.78, 5) is 0. The third kappa shape index (κ3) is 4.87. The molecule has 0 aliphatic carbocycles. The summed E-state index contributed by atoms with van der Waals surface area (Å²) in [6.07, 6.45) is 2.18. The first-order chi connectivity index (χ1) is 8.81. The predicted molar refractivity (Wildman–Crippen MR) is 73.4 cm³/mol. The molecule has 0 aliphatic heterocycles. The lowest BCUT2D eigenvalue weighted by Crippen LogP contribution is -2.35. The molecule has 1 aromatic rings. The van der Waals surface area contributed by atoms with Crippen molar-refractivity contribution in [2.24, 2.45) is 0 Å². The van der Waals surface area contributed by atoms with E-state index in [1.807, 2.05) is 30.3 Å². The Balaban J connectivity index is 2.51. The van der Waals surface area contributed by atoms with Gasteiger partial charge in [-0.2, -0.15) is 5.26 Å². The van der Waals surface area contributed by atoms with E-state index in [1.165, 1.54) is 0 Å². The van der Waals surface area contributed by atoms with Crippen molar-refractivity contribution in [3.63, 3.8) is 0 Å². The minimum absolute atomic E-state index is 0.0950. The molecule has 0 bridgehead atoms. The fraction of sp³-hybridized carbons (Fsp3) is 0.533. The van der Waals surface area contributed by atoms with Crippen molar-refractivity contribution in [2.75, 3.05) is 20.3 Å². The van der Waals surface area contributed by atoms with Gasteiger partial charge in [-0.05, 0) is 12.0 Å². The Morgan fingerprint density at radius 1 is 1.33 bits per heavy atom. The minimum Gasteiger partial charge on any atom is -0.383 e. The van der Waals surface area contributed by atoms with Crippen molar-refractivity contribution in [2.45, 2.75) is 31.7 Å². The van der Waals surface area contributed by atoms with Gasteiger partial charge >= 0.3 is 0 Å². The number of nitrogens with one attached hydrogen (secondary N) is 1. The number of hydrogen-bond acceptors (Lipinski definition) is 3. The zero-order chi connectivity index (χ0) is 13.2. The number of nitriles is 1. The van der Waals surface area contributed by atoms with Crippen molar-refractivity contribution in [3.8, 4) is 6.07 Å². The summed E-state index contributed by atoms with van der Waals surface area (Å²) in [7, 11) is 1.71. The molecule has 0 saturated heterocycles. The molecule has 0 aromatic heterocycles. The van der Waals surface area contributed by atoms with Crippen LogP contribution in [-0.2, 0) is 4.74 Å². The highest BCUT2D eigenvalue weighted by atomic mass is 16.5. The maximum Gasteiger partial charge on any atom is 0.0837 e. The highest BCUT2D eigenvalue weighted by molar-refractivity contribution is 5.25. The summed E-state index contributed by atoms with van der Waals surface area (Å²) in [5.41, 5.74) is 1.07. The summed E-state index contributed by atoms with van der Waals surface area (Å²) < 4.78 is 5.18. The SMILES string of the molecule is CCCC(COC)NCC(C#N)c1ccccc1. The largest absolute Gasteiger partial charge is 0.383 e. The van der Waals surface area contributed by atoms with Gasteiger partial charge in [-0.25, -0.2) is 0 Å². The molecule has 2 unspecified atom stereocenters. The zero-order valence-corrected chi connectivity index (χ0v) is 11.2. The predicted octanol–water partition coefficient (Wildman–Crippen LogP) is 2.70. The number of nitrogens with zero attached hydrogens (tertiary/aromatic N) is 1. The van der Waals surface area contributed by atoms with Crippen LogP contribution in [0, 0.1) is 11.3 Å². The van der Waals surface area contributed by atoms with Gasteiger partial charge in [0.1, 0.15) is 0 Å². The first-order valence-corrected chi connectivity index (χ1v) is 6.48. The monoisotopic (exact) mass is 246 g/mol. The van der Waals surface area contributed by atoms with E-state index in [2.05, 4.69) is 18.3 Å². The smallest absolute Gasteiger partial charge is 0.0837 e. The fourth-order valence-corrected chi connectivity index (χ4v) is 2.00. The van der Waals surface area contributed by atoms with E-state index in [9.17, 15) is 5.26 Å². The Hall–Kier alpha value is -1.37.